The lowest BCUT2D eigenvalue weighted by atomic mass is 9.95. The van der Waals surface area contributed by atoms with Crippen LogP contribution in [0.25, 0.3) is 0 Å². The molecule has 0 saturated heterocycles. The van der Waals surface area contributed by atoms with Crippen LogP contribution in [0.5, 0.6) is 11.5 Å². The minimum absolute atomic E-state index is 0.289. The van der Waals surface area contributed by atoms with E-state index in [-0.39, 0.29) is 6.04 Å². The molecule has 0 aliphatic carbocycles. The first-order valence-corrected chi connectivity index (χ1v) is 7.14. The normalized spacial score (nSPS) is 15.7. The van der Waals surface area contributed by atoms with E-state index < -0.39 is 0 Å². The molecule has 2 rings (SSSR count). The third-order valence-electron chi connectivity index (χ3n) is 3.39. The van der Waals surface area contributed by atoms with Gasteiger partial charge in [0.05, 0.1) is 0 Å². The number of likely N-dealkylation sites (N-methyl/N-ethyl adjacent to an activating group) is 2. The molecule has 0 radical (unpaired) electrons. The standard InChI is InChI=1S/C16H26N2O2/c1-16(2,3)10-18(5)9-13(17-4)12-6-7-14-15(8-12)20-11-19-14/h6-8,13,17H,9-11H2,1-5H3. The van der Waals surface area contributed by atoms with Crippen molar-refractivity contribution in [3.05, 3.63) is 23.8 Å². The van der Waals surface area contributed by atoms with Crippen LogP contribution in [-0.4, -0.2) is 38.9 Å². The summed E-state index contributed by atoms with van der Waals surface area (Å²) in [5, 5.41) is 3.39. The van der Waals surface area contributed by atoms with E-state index in [9.17, 15) is 0 Å². The summed E-state index contributed by atoms with van der Waals surface area (Å²) < 4.78 is 10.8. The highest BCUT2D eigenvalue weighted by Gasteiger charge is 2.20. The number of nitrogens with one attached hydrogen (secondary N) is 1. The van der Waals surface area contributed by atoms with Crippen molar-refractivity contribution in [2.75, 3.05) is 34.0 Å². The van der Waals surface area contributed by atoms with Gasteiger partial charge < -0.3 is 19.7 Å². The molecule has 4 nitrogen and oxygen atoms in total. The molecule has 20 heavy (non-hydrogen) atoms. The molecule has 0 saturated carbocycles. The van der Waals surface area contributed by atoms with Gasteiger partial charge in [-0.25, -0.2) is 0 Å². The fourth-order valence-electron chi connectivity index (χ4n) is 2.68. The van der Waals surface area contributed by atoms with Gasteiger partial charge in [-0.1, -0.05) is 26.8 Å². The Hall–Kier alpha value is -1.26. The maximum absolute atomic E-state index is 5.46. The lowest BCUT2D eigenvalue weighted by Crippen LogP contribution is -2.36. The van der Waals surface area contributed by atoms with Crippen molar-refractivity contribution < 1.29 is 9.47 Å². The summed E-state index contributed by atoms with van der Waals surface area (Å²) in [6, 6.07) is 6.47. The minimum atomic E-state index is 0.289. The van der Waals surface area contributed by atoms with Gasteiger partial charge in [-0.3, -0.25) is 0 Å². The zero-order chi connectivity index (χ0) is 14.8. The van der Waals surface area contributed by atoms with Gasteiger partial charge in [-0.2, -0.15) is 0 Å². The fourth-order valence-corrected chi connectivity index (χ4v) is 2.68. The Morgan fingerprint density at radius 3 is 2.60 bits per heavy atom. The second-order valence-electron chi connectivity index (χ2n) is 6.71. The van der Waals surface area contributed by atoms with Crippen LogP contribution in [0.15, 0.2) is 18.2 Å². The largest absolute Gasteiger partial charge is 0.454 e. The van der Waals surface area contributed by atoms with Gasteiger partial charge in [0, 0.05) is 19.1 Å². The average molecular weight is 278 g/mol. The van der Waals surface area contributed by atoms with E-state index in [1.165, 1.54) is 5.56 Å². The molecule has 0 aromatic heterocycles. The third kappa shape index (κ3) is 3.87. The maximum atomic E-state index is 5.46. The molecule has 1 atom stereocenters. The lowest BCUT2D eigenvalue weighted by Gasteiger charge is -2.30. The van der Waals surface area contributed by atoms with Crippen molar-refractivity contribution in [3.63, 3.8) is 0 Å². The predicted molar refractivity (Wildman–Crippen MR) is 81.3 cm³/mol. The van der Waals surface area contributed by atoms with Crippen LogP contribution in [0.1, 0.15) is 32.4 Å². The van der Waals surface area contributed by atoms with Gasteiger partial charge in [0.1, 0.15) is 0 Å². The molecule has 1 aromatic rings. The van der Waals surface area contributed by atoms with Crippen molar-refractivity contribution in [2.24, 2.45) is 5.41 Å². The molecule has 0 spiro atoms. The topological polar surface area (TPSA) is 33.7 Å². The molecular weight excluding hydrogens is 252 g/mol. The molecule has 0 fully saturated rings. The number of ether oxygens (including phenoxy) is 2. The average Bonchev–Trinajstić information content (AvgIpc) is 2.80. The molecular formula is C16H26N2O2. The molecule has 1 unspecified atom stereocenters. The van der Waals surface area contributed by atoms with Gasteiger partial charge >= 0.3 is 0 Å². The number of rotatable bonds is 5. The van der Waals surface area contributed by atoms with Gasteiger partial charge in [0.15, 0.2) is 11.5 Å². The second-order valence-corrected chi connectivity index (χ2v) is 6.71. The molecule has 4 heteroatoms. The molecule has 0 bridgehead atoms. The smallest absolute Gasteiger partial charge is 0.231 e. The number of benzene rings is 1. The Morgan fingerprint density at radius 2 is 1.95 bits per heavy atom. The highest BCUT2D eigenvalue weighted by atomic mass is 16.7. The quantitative estimate of drug-likeness (QED) is 0.898. The van der Waals surface area contributed by atoms with Crippen LogP contribution in [0.2, 0.25) is 0 Å². The summed E-state index contributed by atoms with van der Waals surface area (Å²) in [4.78, 5) is 2.37. The number of fused-ring (bicyclic) bond motifs is 1. The van der Waals surface area contributed by atoms with E-state index in [1.807, 2.05) is 13.1 Å². The third-order valence-corrected chi connectivity index (χ3v) is 3.39. The maximum Gasteiger partial charge on any atom is 0.231 e. The molecule has 1 aromatic carbocycles. The van der Waals surface area contributed by atoms with Crippen molar-refractivity contribution in [2.45, 2.75) is 26.8 Å². The number of nitrogens with zero attached hydrogens (tertiary/aromatic N) is 1. The summed E-state index contributed by atoms with van der Waals surface area (Å²) in [6.45, 7) is 9.14. The van der Waals surface area contributed by atoms with Gasteiger partial charge in [0.25, 0.3) is 0 Å². The Morgan fingerprint density at radius 1 is 1.25 bits per heavy atom. The van der Waals surface area contributed by atoms with Crippen molar-refractivity contribution >= 4 is 0 Å². The van der Waals surface area contributed by atoms with E-state index in [1.54, 1.807) is 0 Å². The summed E-state index contributed by atoms with van der Waals surface area (Å²) in [5.74, 6) is 1.69. The highest BCUT2D eigenvalue weighted by molar-refractivity contribution is 5.45. The van der Waals surface area contributed by atoms with E-state index in [4.69, 9.17) is 9.47 Å². The van der Waals surface area contributed by atoms with Crippen molar-refractivity contribution in [1.82, 2.24) is 10.2 Å². The Kier molecular flexibility index (Phi) is 4.55. The second kappa shape index (κ2) is 6.02. The minimum Gasteiger partial charge on any atom is -0.454 e. The number of hydrogen-bond acceptors (Lipinski definition) is 4. The van der Waals surface area contributed by atoms with Crippen LogP contribution >= 0.6 is 0 Å². The van der Waals surface area contributed by atoms with Crippen LogP contribution < -0.4 is 14.8 Å². The van der Waals surface area contributed by atoms with Crippen LogP contribution in [0.3, 0.4) is 0 Å². The fraction of sp³-hybridized carbons (Fsp3) is 0.625. The Labute approximate surface area is 122 Å². The summed E-state index contributed by atoms with van der Waals surface area (Å²) in [6.07, 6.45) is 0. The predicted octanol–water partition coefficient (Wildman–Crippen LogP) is 2.65. The molecule has 1 N–H and O–H groups in total. The molecule has 112 valence electrons. The van der Waals surface area contributed by atoms with Crippen LogP contribution in [-0.2, 0) is 0 Å². The van der Waals surface area contributed by atoms with Crippen LogP contribution in [0.4, 0.5) is 0 Å². The first-order valence-electron chi connectivity index (χ1n) is 7.14. The van der Waals surface area contributed by atoms with E-state index in [0.717, 1.165) is 24.6 Å². The number of hydrogen-bond donors (Lipinski definition) is 1. The van der Waals surface area contributed by atoms with E-state index in [0.29, 0.717) is 12.2 Å². The Balaban J connectivity index is 2.04. The lowest BCUT2D eigenvalue weighted by molar-refractivity contribution is 0.174. The van der Waals surface area contributed by atoms with Gasteiger partial charge in [-0.05, 0) is 37.2 Å². The van der Waals surface area contributed by atoms with Crippen LogP contribution in [0, 0.1) is 5.41 Å². The molecule has 1 aliphatic heterocycles. The monoisotopic (exact) mass is 278 g/mol. The van der Waals surface area contributed by atoms with Crippen molar-refractivity contribution in [1.29, 1.82) is 0 Å². The molecule has 1 aliphatic rings. The summed E-state index contributed by atoms with van der Waals surface area (Å²) in [7, 11) is 4.17. The van der Waals surface area contributed by atoms with Crippen molar-refractivity contribution in [3.8, 4) is 11.5 Å². The van der Waals surface area contributed by atoms with E-state index in [2.05, 4.69) is 50.2 Å². The summed E-state index contributed by atoms with van der Waals surface area (Å²) >= 11 is 0. The SMILES string of the molecule is CNC(CN(C)CC(C)(C)C)c1ccc2c(c1)OCO2. The highest BCUT2D eigenvalue weighted by Crippen LogP contribution is 2.34. The first-order chi connectivity index (χ1) is 9.39. The zero-order valence-corrected chi connectivity index (χ0v) is 13.2. The Bertz CT molecular complexity index is 454. The summed E-state index contributed by atoms with van der Waals surface area (Å²) in [5.41, 5.74) is 1.54. The van der Waals surface area contributed by atoms with Gasteiger partial charge in [0.2, 0.25) is 6.79 Å². The van der Waals surface area contributed by atoms with Gasteiger partial charge in [-0.15, -0.1) is 0 Å². The molecule has 0 amide bonds. The first kappa shape index (κ1) is 15.1. The van der Waals surface area contributed by atoms with E-state index >= 15 is 0 Å². The molecule has 1 heterocycles. The zero-order valence-electron chi connectivity index (χ0n) is 13.2.